The summed E-state index contributed by atoms with van der Waals surface area (Å²) >= 11 is 0. The fraction of sp³-hybridized carbons (Fsp3) is 0.357. The predicted octanol–water partition coefficient (Wildman–Crippen LogP) is 2.83. The molecule has 1 rings (SSSR count). The maximum absolute atomic E-state index is 11.5. The van der Waals surface area contributed by atoms with Crippen LogP contribution in [0.2, 0.25) is 0 Å². The Morgan fingerprint density at radius 1 is 1.40 bits per heavy atom. The van der Waals surface area contributed by atoms with Crippen molar-refractivity contribution in [2.45, 2.75) is 33.1 Å². The van der Waals surface area contributed by atoms with Crippen LogP contribution in [0.5, 0.6) is 0 Å². The Bertz CT molecular complexity index is 396. The zero-order valence-corrected chi connectivity index (χ0v) is 9.34. The third kappa shape index (κ3) is 3.59. The van der Waals surface area contributed by atoms with E-state index in [4.69, 9.17) is 6.42 Å². The second-order valence-electron chi connectivity index (χ2n) is 3.85. The van der Waals surface area contributed by atoms with Crippen molar-refractivity contribution in [3.8, 4) is 12.3 Å². The van der Waals surface area contributed by atoms with Gasteiger partial charge in [0.25, 0.3) is 0 Å². The zero-order valence-electron chi connectivity index (χ0n) is 9.34. The van der Waals surface area contributed by atoms with Gasteiger partial charge < -0.3 is 0 Å². The molecule has 0 N–H and O–H groups in total. The van der Waals surface area contributed by atoms with Crippen LogP contribution in [0.25, 0.3) is 0 Å². The minimum Gasteiger partial charge on any atom is -0.299 e. The molecule has 0 aliphatic heterocycles. The molecule has 0 aliphatic rings. The van der Waals surface area contributed by atoms with Crippen molar-refractivity contribution in [2.75, 3.05) is 0 Å². The van der Waals surface area contributed by atoms with Gasteiger partial charge in [-0.1, -0.05) is 23.8 Å². The van der Waals surface area contributed by atoms with E-state index in [1.807, 2.05) is 13.8 Å². The fourth-order valence-corrected chi connectivity index (χ4v) is 1.50. The zero-order chi connectivity index (χ0) is 11.3. The monoisotopic (exact) mass is 200 g/mol. The average molecular weight is 200 g/mol. The summed E-state index contributed by atoms with van der Waals surface area (Å²) in [7, 11) is 0. The Labute approximate surface area is 91.5 Å². The predicted molar refractivity (Wildman–Crippen MR) is 62.7 cm³/mol. The molecule has 0 amide bonds. The Morgan fingerprint density at radius 3 is 2.80 bits per heavy atom. The van der Waals surface area contributed by atoms with Crippen molar-refractivity contribution in [3.05, 3.63) is 34.9 Å². The van der Waals surface area contributed by atoms with Crippen molar-refractivity contribution in [3.63, 3.8) is 0 Å². The van der Waals surface area contributed by atoms with Crippen LogP contribution in [-0.2, 0) is 11.2 Å². The van der Waals surface area contributed by atoms with Gasteiger partial charge in [-0.05, 0) is 25.0 Å². The van der Waals surface area contributed by atoms with Crippen LogP contribution in [0.1, 0.15) is 29.5 Å². The fourth-order valence-electron chi connectivity index (χ4n) is 1.50. The Balaban J connectivity index is 2.68. The maximum Gasteiger partial charge on any atom is 0.138 e. The third-order valence-corrected chi connectivity index (χ3v) is 2.44. The van der Waals surface area contributed by atoms with E-state index in [0.29, 0.717) is 19.3 Å². The second kappa shape index (κ2) is 5.36. The lowest BCUT2D eigenvalue weighted by molar-refractivity contribution is -0.118. The highest BCUT2D eigenvalue weighted by atomic mass is 16.1. The Kier molecular flexibility index (Phi) is 4.12. The first-order chi connectivity index (χ1) is 7.13. The van der Waals surface area contributed by atoms with Gasteiger partial charge in [0.2, 0.25) is 0 Å². The van der Waals surface area contributed by atoms with Gasteiger partial charge in [0, 0.05) is 19.3 Å². The van der Waals surface area contributed by atoms with E-state index in [0.717, 1.165) is 5.56 Å². The van der Waals surface area contributed by atoms with E-state index in [1.54, 1.807) is 0 Å². The molecule has 0 spiro atoms. The van der Waals surface area contributed by atoms with E-state index < -0.39 is 0 Å². The summed E-state index contributed by atoms with van der Waals surface area (Å²) in [5.74, 6) is 2.71. The average Bonchev–Trinajstić information content (AvgIpc) is 2.20. The topological polar surface area (TPSA) is 17.1 Å². The second-order valence-corrected chi connectivity index (χ2v) is 3.85. The smallest absolute Gasteiger partial charge is 0.138 e. The van der Waals surface area contributed by atoms with Crippen LogP contribution in [0, 0.1) is 26.2 Å². The molecule has 0 aromatic heterocycles. The van der Waals surface area contributed by atoms with Crippen molar-refractivity contribution in [1.29, 1.82) is 0 Å². The van der Waals surface area contributed by atoms with Gasteiger partial charge in [-0.3, -0.25) is 4.79 Å². The number of rotatable bonds is 4. The van der Waals surface area contributed by atoms with Gasteiger partial charge in [0.05, 0.1) is 0 Å². The van der Waals surface area contributed by atoms with Crippen LogP contribution in [0.3, 0.4) is 0 Å². The summed E-state index contributed by atoms with van der Waals surface area (Å²) in [4.78, 5) is 11.5. The lowest BCUT2D eigenvalue weighted by Crippen LogP contribution is -2.03. The number of hydrogen-bond donors (Lipinski definition) is 0. The lowest BCUT2D eigenvalue weighted by Gasteiger charge is -2.05. The van der Waals surface area contributed by atoms with Crippen LogP contribution in [-0.4, -0.2) is 5.78 Å². The summed E-state index contributed by atoms with van der Waals surface area (Å²) in [6.45, 7) is 4.07. The van der Waals surface area contributed by atoms with E-state index in [1.165, 1.54) is 11.1 Å². The van der Waals surface area contributed by atoms with E-state index >= 15 is 0 Å². The third-order valence-electron chi connectivity index (χ3n) is 2.44. The molecule has 1 heteroatoms. The minimum atomic E-state index is 0.224. The highest BCUT2D eigenvalue weighted by Crippen LogP contribution is 2.12. The molecule has 0 aliphatic carbocycles. The number of benzene rings is 1. The van der Waals surface area contributed by atoms with Gasteiger partial charge >= 0.3 is 0 Å². The molecule has 0 atom stereocenters. The lowest BCUT2D eigenvalue weighted by atomic mass is 9.99. The van der Waals surface area contributed by atoms with Crippen LogP contribution in [0.4, 0.5) is 0 Å². The van der Waals surface area contributed by atoms with E-state index in [2.05, 4.69) is 24.1 Å². The number of carbonyl (C=O) groups excluding carboxylic acids is 1. The summed E-state index contributed by atoms with van der Waals surface area (Å²) in [5.41, 5.74) is 3.49. The number of hydrogen-bond acceptors (Lipinski definition) is 1. The van der Waals surface area contributed by atoms with Gasteiger partial charge in [-0.15, -0.1) is 12.3 Å². The highest BCUT2D eigenvalue weighted by molar-refractivity contribution is 5.81. The van der Waals surface area contributed by atoms with Crippen molar-refractivity contribution < 1.29 is 4.79 Å². The number of ketones is 1. The molecule has 1 nitrogen and oxygen atoms in total. The molecule has 1 aromatic carbocycles. The molecule has 0 radical (unpaired) electrons. The molecule has 0 fully saturated rings. The molecule has 0 saturated heterocycles. The highest BCUT2D eigenvalue weighted by Gasteiger charge is 2.05. The van der Waals surface area contributed by atoms with Gasteiger partial charge in [0.15, 0.2) is 0 Å². The van der Waals surface area contributed by atoms with Crippen LogP contribution >= 0.6 is 0 Å². The van der Waals surface area contributed by atoms with Crippen molar-refractivity contribution in [2.24, 2.45) is 0 Å². The summed E-state index contributed by atoms with van der Waals surface area (Å²) in [6.07, 6.45) is 6.67. The SMILES string of the molecule is C#CCCC(=O)Cc1cc(C)ccc1C. The van der Waals surface area contributed by atoms with E-state index in [9.17, 15) is 4.79 Å². The van der Waals surface area contributed by atoms with Crippen molar-refractivity contribution >= 4 is 5.78 Å². The molecular weight excluding hydrogens is 184 g/mol. The van der Waals surface area contributed by atoms with Crippen LogP contribution < -0.4 is 0 Å². The standard InChI is InChI=1S/C14H16O/c1-4-5-6-14(15)10-13-9-11(2)7-8-12(13)3/h1,7-9H,5-6,10H2,2-3H3. The quantitative estimate of drug-likeness (QED) is 0.683. The number of aryl methyl sites for hydroxylation is 2. The molecule has 0 heterocycles. The van der Waals surface area contributed by atoms with Crippen molar-refractivity contribution in [1.82, 2.24) is 0 Å². The Hall–Kier alpha value is -1.55. The molecule has 78 valence electrons. The first-order valence-electron chi connectivity index (χ1n) is 5.15. The van der Waals surface area contributed by atoms with Gasteiger partial charge in [0.1, 0.15) is 5.78 Å². The molecular formula is C14H16O. The summed E-state index contributed by atoms with van der Waals surface area (Å²) in [5, 5.41) is 0. The number of terminal acetylenes is 1. The van der Waals surface area contributed by atoms with Gasteiger partial charge in [-0.25, -0.2) is 0 Å². The van der Waals surface area contributed by atoms with Crippen LogP contribution in [0.15, 0.2) is 18.2 Å². The molecule has 0 saturated carbocycles. The summed E-state index contributed by atoms with van der Waals surface area (Å²) < 4.78 is 0. The maximum atomic E-state index is 11.5. The number of Topliss-reactive ketones (excluding diaryl/α,β-unsaturated/α-hetero) is 1. The first kappa shape index (κ1) is 11.5. The molecule has 15 heavy (non-hydrogen) atoms. The molecule has 0 unspecified atom stereocenters. The van der Waals surface area contributed by atoms with Gasteiger partial charge in [-0.2, -0.15) is 0 Å². The minimum absolute atomic E-state index is 0.224. The largest absolute Gasteiger partial charge is 0.299 e. The summed E-state index contributed by atoms with van der Waals surface area (Å²) in [6, 6.07) is 6.19. The number of carbonyl (C=O) groups is 1. The van der Waals surface area contributed by atoms with E-state index in [-0.39, 0.29) is 5.78 Å². The molecule has 0 bridgehead atoms. The Morgan fingerprint density at radius 2 is 2.13 bits per heavy atom. The first-order valence-corrected chi connectivity index (χ1v) is 5.15. The molecule has 1 aromatic rings. The normalized spacial score (nSPS) is 9.67.